The molecule has 0 saturated heterocycles. The molecule has 5 atom stereocenters. The van der Waals surface area contributed by atoms with Crippen LogP contribution in [0.5, 0.6) is 0 Å². The lowest BCUT2D eigenvalue weighted by molar-refractivity contribution is -0.152. The maximum absolute atomic E-state index is 13.0. The summed E-state index contributed by atoms with van der Waals surface area (Å²) in [6.45, 7) is 25.1. The fraction of sp³-hybridized carbons (Fsp3) is 0.593. The first kappa shape index (κ1) is 127. The molecule has 794 valence electrons. The fourth-order valence-electron chi connectivity index (χ4n) is 16.4. The second-order valence-corrected chi connectivity index (χ2v) is 41.3. The first-order valence-corrected chi connectivity index (χ1v) is 50.9. The molecule has 12 N–H and O–H groups in total. The number of alkyl carbamates (subject to hydrolysis) is 2. The zero-order valence-electron chi connectivity index (χ0n) is 85.8. The van der Waals surface area contributed by atoms with E-state index < -0.39 is 59.1 Å². The smallest absolute Gasteiger partial charge is 0.460 e. The number of ether oxygens (including phenoxy) is 8. The number of esters is 3. The molecule has 5 saturated carbocycles. The van der Waals surface area contributed by atoms with E-state index in [1.807, 2.05) is 114 Å². The highest BCUT2D eigenvalue weighted by atomic mass is 35.5. The van der Waals surface area contributed by atoms with Gasteiger partial charge < -0.3 is 91.5 Å². The summed E-state index contributed by atoms with van der Waals surface area (Å²) in [5.41, 5.74) is 16.7. The van der Waals surface area contributed by atoms with Crippen LogP contribution in [0.1, 0.15) is 299 Å². The Morgan fingerprint density at radius 3 is 0.929 bits per heavy atom. The van der Waals surface area contributed by atoms with Gasteiger partial charge >= 0.3 is 42.4 Å². The zero-order valence-corrected chi connectivity index (χ0v) is 89.9. The number of thiocarbonyl (C=S) groups is 1. The molecule has 0 heterocycles. The predicted octanol–water partition coefficient (Wildman–Crippen LogP) is 28.9. The van der Waals surface area contributed by atoms with Crippen molar-refractivity contribution in [3.63, 3.8) is 0 Å². The molecule has 0 aliphatic heterocycles. The molecular formula is C108H165Cl7N8O17S. The number of benzene rings is 6. The van der Waals surface area contributed by atoms with Crippen LogP contribution >= 0.6 is 94.2 Å². The Hall–Kier alpha value is -7.83. The molecule has 0 spiro atoms. The third-order valence-corrected chi connectivity index (χ3v) is 25.1. The van der Waals surface area contributed by atoms with Gasteiger partial charge in [0.25, 0.3) is 0 Å². The van der Waals surface area contributed by atoms with E-state index in [9.17, 15) is 43.8 Å². The quantitative estimate of drug-likeness (QED) is 0.00902. The van der Waals surface area contributed by atoms with Crippen molar-refractivity contribution in [2.75, 3.05) is 48.7 Å². The van der Waals surface area contributed by atoms with Gasteiger partial charge in [-0.1, -0.05) is 287 Å². The Morgan fingerprint density at radius 2 is 0.652 bits per heavy atom. The van der Waals surface area contributed by atoms with Crippen molar-refractivity contribution in [1.82, 2.24) is 16.0 Å². The summed E-state index contributed by atoms with van der Waals surface area (Å²) in [6.07, 6.45) is 24.8. The van der Waals surface area contributed by atoms with Gasteiger partial charge in [0.15, 0.2) is 0 Å². The summed E-state index contributed by atoms with van der Waals surface area (Å²) >= 11 is 42.6. The number of aliphatic hydroxyl groups excluding tert-OH is 2. The Labute approximate surface area is 886 Å². The molecule has 5 aliphatic rings. The minimum Gasteiger partial charge on any atom is -0.460 e. The van der Waals surface area contributed by atoms with E-state index >= 15 is 0 Å². The lowest BCUT2D eigenvalue weighted by atomic mass is 9.85. The summed E-state index contributed by atoms with van der Waals surface area (Å²) in [6, 6.07) is 38.6. The molecule has 0 bridgehead atoms. The summed E-state index contributed by atoms with van der Waals surface area (Å²) in [7, 11) is 1.25. The highest BCUT2D eigenvalue weighted by Gasteiger charge is 2.33. The molecule has 0 aromatic heterocycles. The summed E-state index contributed by atoms with van der Waals surface area (Å²) in [5.74, 6) is 0.914. The van der Waals surface area contributed by atoms with E-state index in [1.165, 1.54) is 109 Å². The number of halogens is 7. The number of nitrogens with one attached hydrogen (secondary N) is 6. The number of carbonyl (C=O) groups is 7. The highest BCUT2D eigenvalue weighted by molar-refractivity contribution is 7.78. The topological polar surface area (TPSA) is 358 Å². The first-order chi connectivity index (χ1) is 66.4. The zero-order chi connectivity index (χ0) is 104. The second-order valence-electron chi connectivity index (χ2n) is 38.7. The molecule has 11 rings (SSSR count). The molecular weight excluding hydrogens is 1960 g/mol. The summed E-state index contributed by atoms with van der Waals surface area (Å²) < 4.78 is 53.8. The van der Waals surface area contributed by atoms with Gasteiger partial charge in [-0.15, -0.1) is 12.4 Å². The lowest BCUT2D eigenvalue weighted by Crippen LogP contribution is -2.42. The molecule has 2 amide bonds. The third-order valence-electron chi connectivity index (χ3n) is 23.0. The van der Waals surface area contributed by atoms with Gasteiger partial charge in [0, 0.05) is 39.4 Å². The van der Waals surface area contributed by atoms with Gasteiger partial charge in [0.2, 0.25) is 0 Å². The van der Waals surface area contributed by atoms with Crippen molar-refractivity contribution in [3.8, 4) is 0 Å². The lowest BCUT2D eigenvalue weighted by Gasteiger charge is -2.30. The van der Waals surface area contributed by atoms with Crippen LogP contribution in [0.25, 0.3) is 0 Å². The minimum atomic E-state index is -1.06. The average Bonchev–Trinajstić information content (AvgIpc) is 0.835. The molecule has 33 heteroatoms. The van der Waals surface area contributed by atoms with E-state index in [4.69, 9.17) is 129 Å². The predicted molar refractivity (Wildman–Crippen MR) is 585 cm³/mol. The van der Waals surface area contributed by atoms with Crippen molar-refractivity contribution >= 4 is 176 Å². The molecule has 141 heavy (non-hydrogen) atoms. The Kier molecular flexibility index (Phi) is 62.6. The van der Waals surface area contributed by atoms with Crippen LogP contribution in [0.3, 0.4) is 0 Å². The van der Waals surface area contributed by atoms with Gasteiger partial charge in [0.05, 0.1) is 97.2 Å². The van der Waals surface area contributed by atoms with E-state index in [0.717, 1.165) is 98.0 Å². The number of nitrogens with two attached hydrogens (primary N) is 2. The van der Waals surface area contributed by atoms with Crippen molar-refractivity contribution in [3.05, 3.63) is 174 Å². The fourth-order valence-corrected chi connectivity index (χ4v) is 17.9. The third kappa shape index (κ3) is 53.2. The Bertz CT molecular complexity index is 4570. The number of carbonyl (C=O) groups excluding carboxylic acids is 7. The first-order valence-electron chi connectivity index (χ1n) is 49.9. The van der Waals surface area contributed by atoms with Gasteiger partial charge in [-0.05, 0) is 248 Å². The number of hydrogen-bond donors (Lipinski definition) is 10. The number of rotatable bonds is 29. The van der Waals surface area contributed by atoms with Gasteiger partial charge in [-0.2, -0.15) is 0 Å². The average molecular weight is 2130 g/mol. The summed E-state index contributed by atoms with van der Waals surface area (Å²) in [5, 5.41) is 40.6. The van der Waals surface area contributed by atoms with Crippen LogP contribution in [0.2, 0.25) is 30.1 Å². The van der Waals surface area contributed by atoms with Gasteiger partial charge in [0.1, 0.15) is 40.7 Å². The minimum absolute atomic E-state index is 0. The normalized spacial score (nSPS) is 15.7. The molecule has 5 fully saturated rings. The van der Waals surface area contributed by atoms with Crippen LogP contribution in [0.4, 0.5) is 53.3 Å². The van der Waals surface area contributed by atoms with E-state index in [0.29, 0.717) is 104 Å². The van der Waals surface area contributed by atoms with Crippen LogP contribution < -0.4 is 43.4 Å². The summed E-state index contributed by atoms with van der Waals surface area (Å²) in [4.78, 5) is 84.1. The molecule has 6 aromatic carbocycles. The number of amides is 2. The molecule has 0 radical (unpaired) electrons. The molecule has 5 unspecified atom stereocenters. The monoisotopic (exact) mass is 2130 g/mol. The number of para-hydroxylation sites is 6. The van der Waals surface area contributed by atoms with Gasteiger partial charge in [-0.3, -0.25) is 14.4 Å². The number of anilines is 6. The molecule has 6 aromatic rings. The maximum atomic E-state index is 13.0. The van der Waals surface area contributed by atoms with Crippen molar-refractivity contribution in [2.45, 2.75) is 352 Å². The Morgan fingerprint density at radius 1 is 0.397 bits per heavy atom. The Balaban J connectivity index is 0.000000878. The van der Waals surface area contributed by atoms with Crippen LogP contribution in [0, 0.1) is 29.6 Å². The number of aliphatic hydroxyl groups is 2. The van der Waals surface area contributed by atoms with Gasteiger partial charge in [-0.25, -0.2) is 19.2 Å². The van der Waals surface area contributed by atoms with Crippen molar-refractivity contribution < 1.29 is 84.4 Å². The number of hydrogen-bond acceptors (Lipinski definition) is 23. The van der Waals surface area contributed by atoms with Crippen LogP contribution in [-0.4, -0.2) is 144 Å². The molecule has 5 aliphatic carbocycles. The SMILES string of the molecule is C.C.CC(C)(C)OC(=O)NCC(O)C1CCCCC1.CC(C)(C)OC(=O)NCC(OC(=O)Cc1ccccc1Nc1c(Cl)cccc1Cl)C1CCCCC1.CC(C)(C)OC(=O)OC(=O)OC(C)(C)C.Cl.NCC(O)C1CCCCC1.NCC(OC(=O)Cc1ccccc1Nc1c(Cl)cccc1Cl)C1CCCCC1.O=C(Cc1ccccc1Nc1c(Cl)cccc1Cl)OC(CNC=S)C1CCCCC1.[2H]CC.[3H]C. The van der Waals surface area contributed by atoms with Crippen LogP contribution in [0.15, 0.2) is 127 Å². The van der Waals surface area contributed by atoms with Crippen molar-refractivity contribution in [2.24, 2.45) is 41.1 Å². The standard InChI is InChI=1S/C27H34Cl2N2O4.C23H26Cl2N2O2S.C22H26Cl2N2O2.C13H25NO3.C10H18O5.C8H17NO.C2H6.3CH4.ClH/c1-27(2,3)35-26(33)30-17-23(18-10-5-4-6-11-18)34-24(32)16-19-12-7-8-15-22(19)31-25-20(28)13-9-14-21(25)29;24-18-10-6-11-19(25)23(18)27-20-12-5-4-9-17(20)13-22(28)29-21(14-26-15-30)16-7-2-1-3-8-16;23-17-10-6-11-18(24)22(17)26-19-12-5-4-9-16(19)13-21(27)28-20(14-25)15-7-2-1-3-8-15;1-13(2,3)17-12(16)14-9-11(15)10-7-5-4-6-8-10;1-9(2,3)14-7(11)13-8(12)15-10(4,5)6;9-6-8(10)7-4-2-1-3-5-7;1-2;;;;/h7-9,12-15,18,23,31H,4-6,10-11,16-17H2,1-3H3,(H,30,33);4-6,9-12,15-16,21,27H,1-3,7-8,13-14H2,(H,26,30);4-6,9-12,15,20,26H,1-3,7-8,13-14,25H2;10-11,15H,4-9H2,1-3H3,(H,14,16);1-6H3;7-8,10H,1-6,9H2;1-2H3;3*1H4;1H/i;;;;;;1D;1T;;;. The molecule has 25 nitrogen and oxygen atoms in total. The van der Waals surface area contributed by atoms with Crippen LogP contribution in [-0.2, 0) is 71.5 Å². The highest BCUT2D eigenvalue weighted by Crippen LogP contribution is 2.40. The van der Waals surface area contributed by atoms with E-state index in [-0.39, 0.29) is 95.2 Å². The largest absolute Gasteiger partial charge is 0.519 e. The second kappa shape index (κ2) is 69.3. The van der Waals surface area contributed by atoms with E-state index in [1.54, 1.807) is 103 Å². The van der Waals surface area contributed by atoms with E-state index in [2.05, 4.69) is 36.6 Å². The van der Waals surface area contributed by atoms with Crippen molar-refractivity contribution in [1.29, 1.82) is 0 Å². The maximum Gasteiger partial charge on any atom is 0.519 e.